The van der Waals surface area contributed by atoms with Gasteiger partial charge >= 0.3 is 0 Å². The van der Waals surface area contributed by atoms with Crippen LogP contribution >= 0.6 is 0 Å². The Labute approximate surface area is 170 Å². The Morgan fingerprint density at radius 1 is 1.10 bits per heavy atom. The van der Waals surface area contributed by atoms with Crippen molar-refractivity contribution in [3.8, 4) is 5.75 Å². The zero-order valence-corrected chi connectivity index (χ0v) is 16.4. The van der Waals surface area contributed by atoms with Crippen LogP contribution < -0.4 is 15.4 Å². The van der Waals surface area contributed by atoms with Crippen LogP contribution in [-0.4, -0.2) is 30.0 Å². The van der Waals surface area contributed by atoms with Crippen molar-refractivity contribution in [2.45, 2.75) is 44.6 Å². The van der Waals surface area contributed by atoms with E-state index in [1.807, 2.05) is 24.3 Å². The molecule has 2 aromatic rings. The number of carbonyl (C=O) groups excluding carboxylic acids is 1. The summed E-state index contributed by atoms with van der Waals surface area (Å²) in [6.07, 6.45) is 6.05. The molecule has 1 aliphatic rings. The highest BCUT2D eigenvalue weighted by molar-refractivity contribution is 5.76. The molecular formula is C22H27N3O4. The van der Waals surface area contributed by atoms with Gasteiger partial charge in [0.05, 0.1) is 11.0 Å². The maximum atomic E-state index is 12.1. The number of anilines is 1. The molecule has 3 rings (SSSR count). The maximum Gasteiger partial charge on any atom is 0.292 e. The Kier molecular flexibility index (Phi) is 7.44. The van der Waals surface area contributed by atoms with Crippen LogP contribution in [0.1, 0.15) is 37.7 Å². The molecule has 0 spiro atoms. The van der Waals surface area contributed by atoms with Crippen molar-refractivity contribution in [1.29, 1.82) is 0 Å². The number of amides is 1. The van der Waals surface area contributed by atoms with E-state index in [0.29, 0.717) is 37.7 Å². The Morgan fingerprint density at radius 2 is 1.90 bits per heavy atom. The third-order valence-electron chi connectivity index (χ3n) is 5.01. The average Bonchev–Trinajstić information content (AvgIpc) is 3.23. The molecule has 0 aliphatic heterocycles. The average molecular weight is 397 g/mol. The Morgan fingerprint density at radius 3 is 2.69 bits per heavy atom. The number of rotatable bonds is 10. The summed E-state index contributed by atoms with van der Waals surface area (Å²) in [7, 11) is 0. The molecule has 2 N–H and O–H groups in total. The molecule has 7 heteroatoms. The van der Waals surface area contributed by atoms with Crippen LogP contribution in [-0.2, 0) is 11.2 Å². The number of hydrogen-bond donors (Lipinski definition) is 2. The fourth-order valence-electron chi connectivity index (χ4n) is 3.50. The Hall–Kier alpha value is -3.09. The Balaban J connectivity index is 1.37. The second-order valence-electron chi connectivity index (χ2n) is 7.22. The molecule has 1 fully saturated rings. The topological polar surface area (TPSA) is 93.5 Å². The standard InChI is InChI=1S/C22H27N3O4/c26-22(24-15-14-23-20-10-3-4-11-21(20)25(27)28)13-12-17-6-5-9-19(16-17)29-18-7-1-2-8-18/h3-6,9-11,16,18,23H,1-2,7-8,12-15H2,(H,24,26). The number of nitro groups is 1. The maximum absolute atomic E-state index is 12.1. The number of para-hydroxylation sites is 2. The second-order valence-corrected chi connectivity index (χ2v) is 7.22. The van der Waals surface area contributed by atoms with Crippen molar-refractivity contribution in [2.75, 3.05) is 18.4 Å². The van der Waals surface area contributed by atoms with Gasteiger partial charge in [0, 0.05) is 25.6 Å². The molecule has 154 valence electrons. The van der Waals surface area contributed by atoms with Crippen molar-refractivity contribution in [2.24, 2.45) is 0 Å². The molecule has 1 amide bonds. The van der Waals surface area contributed by atoms with Crippen molar-refractivity contribution >= 4 is 17.3 Å². The summed E-state index contributed by atoms with van der Waals surface area (Å²) in [4.78, 5) is 22.7. The van der Waals surface area contributed by atoms with E-state index in [4.69, 9.17) is 4.74 Å². The number of nitrogens with one attached hydrogen (secondary N) is 2. The highest BCUT2D eigenvalue weighted by Crippen LogP contribution is 2.25. The van der Waals surface area contributed by atoms with E-state index in [2.05, 4.69) is 10.6 Å². The van der Waals surface area contributed by atoms with E-state index in [9.17, 15) is 14.9 Å². The summed E-state index contributed by atoms with van der Waals surface area (Å²) >= 11 is 0. The molecule has 2 aromatic carbocycles. The third kappa shape index (κ3) is 6.48. The summed E-state index contributed by atoms with van der Waals surface area (Å²) < 4.78 is 6.01. The minimum atomic E-state index is -0.425. The molecule has 0 bridgehead atoms. The number of carbonyl (C=O) groups is 1. The van der Waals surface area contributed by atoms with E-state index >= 15 is 0 Å². The monoisotopic (exact) mass is 397 g/mol. The SMILES string of the molecule is O=C(CCc1cccc(OC2CCCC2)c1)NCCNc1ccccc1[N+](=O)[O-]. The number of benzene rings is 2. The van der Waals surface area contributed by atoms with Crippen LogP contribution in [0.5, 0.6) is 5.75 Å². The Bertz CT molecular complexity index is 834. The van der Waals surface area contributed by atoms with Crippen molar-refractivity contribution < 1.29 is 14.5 Å². The first-order chi connectivity index (χ1) is 14.1. The summed E-state index contributed by atoms with van der Waals surface area (Å²) in [6, 6.07) is 14.4. The number of hydrogen-bond acceptors (Lipinski definition) is 5. The molecule has 0 saturated heterocycles. The first-order valence-electron chi connectivity index (χ1n) is 10.1. The number of aryl methyl sites for hydroxylation is 1. The molecule has 0 radical (unpaired) electrons. The van der Waals surface area contributed by atoms with Gasteiger partial charge in [-0.25, -0.2) is 0 Å². The largest absolute Gasteiger partial charge is 0.490 e. The van der Waals surface area contributed by atoms with Crippen LogP contribution in [0.25, 0.3) is 0 Å². The molecule has 0 aromatic heterocycles. The highest BCUT2D eigenvalue weighted by atomic mass is 16.6. The van der Waals surface area contributed by atoms with Gasteiger partial charge in [0.25, 0.3) is 5.69 Å². The number of nitro benzene ring substituents is 1. The van der Waals surface area contributed by atoms with E-state index in [1.54, 1.807) is 18.2 Å². The summed E-state index contributed by atoms with van der Waals surface area (Å²) in [5, 5.41) is 16.8. The van der Waals surface area contributed by atoms with Gasteiger partial charge in [0.2, 0.25) is 5.91 Å². The van der Waals surface area contributed by atoms with Crippen LogP contribution in [0, 0.1) is 10.1 Å². The molecule has 0 atom stereocenters. The normalized spacial score (nSPS) is 13.8. The van der Waals surface area contributed by atoms with Gasteiger partial charge in [0.1, 0.15) is 11.4 Å². The quantitative estimate of drug-likeness (QED) is 0.358. The second kappa shape index (κ2) is 10.5. The van der Waals surface area contributed by atoms with Crippen LogP contribution in [0.2, 0.25) is 0 Å². The lowest BCUT2D eigenvalue weighted by Crippen LogP contribution is -2.29. The molecule has 29 heavy (non-hydrogen) atoms. The zero-order valence-electron chi connectivity index (χ0n) is 16.4. The van der Waals surface area contributed by atoms with Crippen molar-refractivity contribution in [3.05, 3.63) is 64.2 Å². The van der Waals surface area contributed by atoms with Gasteiger partial charge in [-0.1, -0.05) is 24.3 Å². The molecule has 1 aliphatic carbocycles. The van der Waals surface area contributed by atoms with Gasteiger partial charge < -0.3 is 15.4 Å². The predicted molar refractivity (Wildman–Crippen MR) is 112 cm³/mol. The molecule has 0 unspecified atom stereocenters. The smallest absolute Gasteiger partial charge is 0.292 e. The molecule has 0 heterocycles. The van der Waals surface area contributed by atoms with E-state index in [-0.39, 0.29) is 11.6 Å². The lowest BCUT2D eigenvalue weighted by atomic mass is 10.1. The first kappa shape index (κ1) is 20.6. The first-order valence-corrected chi connectivity index (χ1v) is 10.1. The number of nitrogens with zero attached hydrogens (tertiary/aromatic N) is 1. The summed E-state index contributed by atoms with van der Waals surface area (Å²) in [6.45, 7) is 0.816. The molecule has 7 nitrogen and oxygen atoms in total. The van der Waals surface area contributed by atoms with Gasteiger partial charge in [-0.2, -0.15) is 0 Å². The minimum absolute atomic E-state index is 0.0264. The molecule has 1 saturated carbocycles. The van der Waals surface area contributed by atoms with Gasteiger partial charge in [0.15, 0.2) is 0 Å². The predicted octanol–water partition coefficient (Wildman–Crippen LogP) is 4.08. The van der Waals surface area contributed by atoms with Crippen LogP contribution in [0.4, 0.5) is 11.4 Å². The van der Waals surface area contributed by atoms with E-state index < -0.39 is 4.92 Å². The van der Waals surface area contributed by atoms with Gasteiger partial charge in [-0.05, 0) is 55.9 Å². The van der Waals surface area contributed by atoms with Gasteiger partial charge in [-0.3, -0.25) is 14.9 Å². The van der Waals surface area contributed by atoms with Crippen molar-refractivity contribution in [1.82, 2.24) is 5.32 Å². The molecular weight excluding hydrogens is 370 g/mol. The van der Waals surface area contributed by atoms with Gasteiger partial charge in [-0.15, -0.1) is 0 Å². The lowest BCUT2D eigenvalue weighted by Gasteiger charge is -2.14. The van der Waals surface area contributed by atoms with E-state index in [1.165, 1.54) is 18.9 Å². The fraction of sp³-hybridized carbons (Fsp3) is 0.409. The van der Waals surface area contributed by atoms with Crippen LogP contribution in [0.15, 0.2) is 48.5 Å². The fourth-order valence-corrected chi connectivity index (χ4v) is 3.50. The summed E-state index contributed by atoms with van der Waals surface area (Å²) in [5.41, 5.74) is 1.55. The lowest BCUT2D eigenvalue weighted by molar-refractivity contribution is -0.384. The van der Waals surface area contributed by atoms with Crippen molar-refractivity contribution in [3.63, 3.8) is 0 Å². The minimum Gasteiger partial charge on any atom is -0.490 e. The van der Waals surface area contributed by atoms with E-state index in [0.717, 1.165) is 24.2 Å². The highest BCUT2D eigenvalue weighted by Gasteiger charge is 2.16. The van der Waals surface area contributed by atoms with Crippen LogP contribution in [0.3, 0.4) is 0 Å². The zero-order chi connectivity index (χ0) is 20.5. The number of ether oxygens (including phenoxy) is 1. The summed E-state index contributed by atoms with van der Waals surface area (Å²) in [5.74, 6) is 0.833. The third-order valence-corrected chi connectivity index (χ3v) is 5.01.